The Labute approximate surface area is 185 Å². The van der Waals surface area contributed by atoms with E-state index in [9.17, 15) is 0 Å². The Morgan fingerprint density at radius 2 is 2.00 bits per heavy atom. The van der Waals surface area contributed by atoms with Crippen LogP contribution in [0.1, 0.15) is 77.9 Å². The van der Waals surface area contributed by atoms with Crippen LogP contribution in [0, 0.1) is 5.41 Å². The average molecular weight is 505 g/mol. The van der Waals surface area contributed by atoms with Gasteiger partial charge in [0.15, 0.2) is 11.8 Å². The average Bonchev–Trinajstić information content (AvgIpc) is 3.13. The Morgan fingerprint density at radius 3 is 2.57 bits per heavy atom. The summed E-state index contributed by atoms with van der Waals surface area (Å²) < 4.78 is 11.4. The van der Waals surface area contributed by atoms with E-state index in [2.05, 4.69) is 53.5 Å². The molecule has 3 rings (SSSR count). The van der Waals surface area contributed by atoms with E-state index in [0.29, 0.717) is 30.4 Å². The third-order valence-electron chi connectivity index (χ3n) is 6.00. The molecule has 2 N–H and O–H groups in total. The quantitative estimate of drug-likeness (QED) is 0.360. The molecule has 2 unspecified atom stereocenters. The van der Waals surface area contributed by atoms with E-state index < -0.39 is 0 Å². The zero-order valence-corrected chi connectivity index (χ0v) is 20.2. The molecule has 0 radical (unpaired) electrons. The maximum absolute atomic E-state index is 6.05. The monoisotopic (exact) mass is 505 g/mol. The highest BCUT2D eigenvalue weighted by atomic mass is 127. The topological polar surface area (TPSA) is 84.6 Å². The Kier molecular flexibility index (Phi) is 8.13. The summed E-state index contributed by atoms with van der Waals surface area (Å²) in [5, 5.41) is 11.0. The maximum atomic E-state index is 6.05. The van der Waals surface area contributed by atoms with Gasteiger partial charge in [0.05, 0.1) is 12.6 Å². The summed E-state index contributed by atoms with van der Waals surface area (Å²) >= 11 is 0. The molecule has 2 aliphatic rings. The summed E-state index contributed by atoms with van der Waals surface area (Å²) in [4.78, 5) is 8.87. The van der Waals surface area contributed by atoms with Gasteiger partial charge in [-0.25, -0.2) is 0 Å². The fraction of sp³-hybridized carbons (Fsp3) is 0.850. The van der Waals surface area contributed by atoms with Gasteiger partial charge in [-0.05, 0) is 26.2 Å². The van der Waals surface area contributed by atoms with Gasteiger partial charge in [-0.2, -0.15) is 4.98 Å². The van der Waals surface area contributed by atoms with Crippen molar-refractivity contribution in [1.29, 1.82) is 0 Å². The third kappa shape index (κ3) is 4.98. The molecule has 1 heterocycles. The maximum Gasteiger partial charge on any atom is 0.232 e. The van der Waals surface area contributed by atoms with Crippen LogP contribution in [0.5, 0.6) is 0 Å². The summed E-state index contributed by atoms with van der Waals surface area (Å²) in [6, 6.07) is 0.413. The lowest BCUT2D eigenvalue weighted by atomic mass is 9.55. The van der Waals surface area contributed by atoms with Crippen molar-refractivity contribution in [2.75, 3.05) is 13.7 Å². The number of hydrogen-bond acceptors (Lipinski definition) is 5. The Morgan fingerprint density at radius 1 is 1.29 bits per heavy atom. The van der Waals surface area contributed by atoms with Crippen molar-refractivity contribution in [3.8, 4) is 0 Å². The van der Waals surface area contributed by atoms with E-state index in [0.717, 1.165) is 19.0 Å². The fourth-order valence-electron chi connectivity index (χ4n) is 4.42. The van der Waals surface area contributed by atoms with Gasteiger partial charge in [-0.15, -0.1) is 24.0 Å². The lowest BCUT2D eigenvalue weighted by Crippen LogP contribution is -2.66. The SMILES string of the molecule is CCOC1CC(NC(=NC)NCc2noc(C(C)(C)C)n2)C12CCCCC2.I. The number of guanidine groups is 1. The molecular weight excluding hydrogens is 469 g/mol. The molecule has 1 spiro atoms. The lowest BCUT2D eigenvalue weighted by Gasteiger charge is -2.57. The van der Waals surface area contributed by atoms with Gasteiger partial charge >= 0.3 is 0 Å². The summed E-state index contributed by atoms with van der Waals surface area (Å²) in [7, 11) is 1.80. The van der Waals surface area contributed by atoms with E-state index in [1.807, 2.05) is 0 Å². The molecule has 1 aromatic rings. The molecule has 0 aliphatic heterocycles. The number of aliphatic imine (C=N–C) groups is 1. The molecule has 160 valence electrons. The Bertz CT molecular complexity index is 649. The second-order valence-electron chi connectivity index (χ2n) is 8.86. The van der Waals surface area contributed by atoms with Crippen molar-refractivity contribution in [3.05, 3.63) is 11.7 Å². The normalized spacial score (nSPS) is 24.4. The highest BCUT2D eigenvalue weighted by Gasteiger charge is 2.55. The van der Waals surface area contributed by atoms with Crippen LogP contribution in [-0.2, 0) is 16.7 Å². The molecule has 2 saturated carbocycles. The Hall–Kier alpha value is -0.900. The molecule has 8 heteroatoms. The van der Waals surface area contributed by atoms with E-state index in [4.69, 9.17) is 9.26 Å². The van der Waals surface area contributed by atoms with E-state index >= 15 is 0 Å². The van der Waals surface area contributed by atoms with Gasteiger partial charge in [0.1, 0.15) is 0 Å². The largest absolute Gasteiger partial charge is 0.378 e. The minimum Gasteiger partial charge on any atom is -0.378 e. The van der Waals surface area contributed by atoms with Gasteiger partial charge in [0.2, 0.25) is 5.89 Å². The van der Waals surface area contributed by atoms with Crippen molar-refractivity contribution in [1.82, 2.24) is 20.8 Å². The number of halogens is 1. The van der Waals surface area contributed by atoms with Gasteiger partial charge in [0, 0.05) is 30.5 Å². The van der Waals surface area contributed by atoms with Crippen LogP contribution in [0.25, 0.3) is 0 Å². The molecule has 2 atom stereocenters. The first-order valence-electron chi connectivity index (χ1n) is 10.3. The molecule has 0 bridgehead atoms. The number of aromatic nitrogens is 2. The third-order valence-corrected chi connectivity index (χ3v) is 6.00. The summed E-state index contributed by atoms with van der Waals surface area (Å²) in [6.45, 7) is 9.57. The second-order valence-corrected chi connectivity index (χ2v) is 8.86. The highest BCUT2D eigenvalue weighted by molar-refractivity contribution is 14.0. The molecule has 0 saturated heterocycles. The lowest BCUT2D eigenvalue weighted by molar-refractivity contribution is -0.145. The van der Waals surface area contributed by atoms with Crippen LogP contribution in [0.4, 0.5) is 0 Å². The molecule has 0 amide bonds. The zero-order valence-electron chi connectivity index (χ0n) is 17.9. The number of hydrogen-bond donors (Lipinski definition) is 2. The predicted octanol–water partition coefficient (Wildman–Crippen LogP) is 3.78. The Balaban J connectivity index is 0.00000280. The van der Waals surface area contributed by atoms with E-state index in [1.165, 1.54) is 32.1 Å². The number of nitrogens with one attached hydrogen (secondary N) is 2. The van der Waals surface area contributed by atoms with Crippen LogP contribution in [0.3, 0.4) is 0 Å². The summed E-state index contributed by atoms with van der Waals surface area (Å²) in [5.41, 5.74) is 0.121. The molecule has 0 aromatic carbocycles. The second kappa shape index (κ2) is 9.73. The molecule has 1 aromatic heterocycles. The van der Waals surface area contributed by atoms with Crippen molar-refractivity contribution in [2.45, 2.75) is 90.3 Å². The summed E-state index contributed by atoms with van der Waals surface area (Å²) in [6.07, 6.45) is 7.85. The predicted molar refractivity (Wildman–Crippen MR) is 121 cm³/mol. The fourth-order valence-corrected chi connectivity index (χ4v) is 4.42. The first-order chi connectivity index (χ1) is 12.9. The van der Waals surface area contributed by atoms with Crippen molar-refractivity contribution in [2.24, 2.45) is 10.4 Å². The molecule has 7 nitrogen and oxygen atoms in total. The standard InChI is InChI=1S/C20H35N5O2.HI/c1-6-26-15-12-14(20(15)10-8-7-9-11-20)23-18(21-5)22-13-16-24-17(27-25-16)19(2,3)4;/h14-15H,6-13H2,1-5H3,(H2,21,22,23);1H. The number of ether oxygens (including phenoxy) is 1. The van der Waals surface area contributed by atoms with E-state index in [1.54, 1.807) is 7.05 Å². The van der Waals surface area contributed by atoms with Crippen LogP contribution < -0.4 is 10.6 Å². The van der Waals surface area contributed by atoms with Crippen LogP contribution in [0.2, 0.25) is 0 Å². The van der Waals surface area contributed by atoms with Gasteiger partial charge < -0.3 is 19.9 Å². The van der Waals surface area contributed by atoms with Crippen molar-refractivity contribution < 1.29 is 9.26 Å². The smallest absolute Gasteiger partial charge is 0.232 e. The van der Waals surface area contributed by atoms with Crippen LogP contribution >= 0.6 is 24.0 Å². The van der Waals surface area contributed by atoms with E-state index in [-0.39, 0.29) is 34.8 Å². The van der Waals surface area contributed by atoms with Crippen LogP contribution in [-0.4, -0.2) is 41.9 Å². The van der Waals surface area contributed by atoms with Crippen LogP contribution in [0.15, 0.2) is 9.52 Å². The number of rotatable bonds is 5. The van der Waals surface area contributed by atoms with Gasteiger partial charge in [-0.1, -0.05) is 45.2 Å². The minimum absolute atomic E-state index is 0. The first-order valence-corrected chi connectivity index (χ1v) is 10.3. The van der Waals surface area contributed by atoms with Gasteiger partial charge in [-0.3, -0.25) is 4.99 Å². The zero-order chi connectivity index (χ0) is 19.5. The molecule has 2 aliphatic carbocycles. The summed E-state index contributed by atoms with van der Waals surface area (Å²) in [5.74, 6) is 2.10. The van der Waals surface area contributed by atoms with Crippen molar-refractivity contribution >= 4 is 29.9 Å². The molecule has 2 fully saturated rings. The van der Waals surface area contributed by atoms with Gasteiger partial charge in [0.25, 0.3) is 0 Å². The molecular formula is C20H36IN5O2. The first kappa shape index (κ1) is 23.4. The van der Waals surface area contributed by atoms with Crippen molar-refractivity contribution in [3.63, 3.8) is 0 Å². The minimum atomic E-state index is -0.140. The number of nitrogens with zero attached hydrogens (tertiary/aromatic N) is 3. The highest BCUT2D eigenvalue weighted by Crippen LogP contribution is 2.53. The molecule has 28 heavy (non-hydrogen) atoms.